The van der Waals surface area contributed by atoms with E-state index < -0.39 is 5.82 Å². The van der Waals surface area contributed by atoms with Crippen molar-refractivity contribution in [2.24, 2.45) is 0 Å². The van der Waals surface area contributed by atoms with Gasteiger partial charge in [0.1, 0.15) is 0 Å². The third-order valence-electron chi connectivity index (χ3n) is 1.75. The first-order valence-electron chi connectivity index (χ1n) is 4.94. The molecule has 4 N–H and O–H groups in total. The number of rotatable bonds is 7. The quantitative estimate of drug-likeness (QED) is 0.615. The highest BCUT2D eigenvalue weighted by Crippen LogP contribution is 2.10. The van der Waals surface area contributed by atoms with Crippen LogP contribution >= 0.6 is 11.8 Å². The SMILES string of the molecule is Nc1ncc(F)c(NCCSCCCO)n1. The van der Waals surface area contributed by atoms with Crippen LogP contribution in [0.2, 0.25) is 0 Å². The number of nitrogens with one attached hydrogen (secondary N) is 1. The van der Waals surface area contributed by atoms with E-state index in [1.807, 2.05) is 0 Å². The molecule has 0 amide bonds. The van der Waals surface area contributed by atoms with Crippen LogP contribution in [-0.2, 0) is 0 Å². The van der Waals surface area contributed by atoms with Gasteiger partial charge in [0, 0.05) is 18.9 Å². The molecule has 0 spiro atoms. The first kappa shape index (κ1) is 13.0. The van der Waals surface area contributed by atoms with Gasteiger partial charge in [0.05, 0.1) is 6.20 Å². The number of halogens is 1. The molecule has 1 aromatic rings. The van der Waals surface area contributed by atoms with Crippen molar-refractivity contribution in [2.45, 2.75) is 6.42 Å². The fourth-order valence-corrected chi connectivity index (χ4v) is 1.80. The highest BCUT2D eigenvalue weighted by atomic mass is 32.2. The van der Waals surface area contributed by atoms with Gasteiger partial charge in [0.15, 0.2) is 11.6 Å². The minimum Gasteiger partial charge on any atom is -0.396 e. The van der Waals surface area contributed by atoms with Crippen LogP contribution in [0.1, 0.15) is 6.42 Å². The number of hydrogen-bond acceptors (Lipinski definition) is 6. The fraction of sp³-hybridized carbons (Fsp3) is 0.556. The molecule has 7 heteroatoms. The molecule has 16 heavy (non-hydrogen) atoms. The van der Waals surface area contributed by atoms with Crippen molar-refractivity contribution in [3.63, 3.8) is 0 Å². The highest BCUT2D eigenvalue weighted by Gasteiger charge is 2.03. The van der Waals surface area contributed by atoms with Crippen molar-refractivity contribution in [3.8, 4) is 0 Å². The molecule has 0 unspecified atom stereocenters. The molecule has 90 valence electrons. The number of anilines is 2. The molecule has 0 radical (unpaired) electrons. The smallest absolute Gasteiger partial charge is 0.222 e. The number of nitrogen functional groups attached to an aromatic ring is 1. The lowest BCUT2D eigenvalue weighted by molar-refractivity contribution is 0.296. The van der Waals surface area contributed by atoms with Gasteiger partial charge in [-0.1, -0.05) is 0 Å². The lowest BCUT2D eigenvalue weighted by Crippen LogP contribution is -2.09. The Labute approximate surface area is 97.7 Å². The van der Waals surface area contributed by atoms with E-state index in [1.54, 1.807) is 11.8 Å². The van der Waals surface area contributed by atoms with Crippen LogP contribution in [0.5, 0.6) is 0 Å². The van der Waals surface area contributed by atoms with Crippen molar-refractivity contribution >= 4 is 23.5 Å². The summed E-state index contributed by atoms with van der Waals surface area (Å²) in [6, 6.07) is 0. The summed E-state index contributed by atoms with van der Waals surface area (Å²) in [6.07, 6.45) is 1.82. The molecule has 5 nitrogen and oxygen atoms in total. The number of thioether (sulfide) groups is 1. The maximum atomic E-state index is 13.1. The second kappa shape index (κ2) is 7.24. The average Bonchev–Trinajstić information content (AvgIpc) is 2.28. The van der Waals surface area contributed by atoms with Gasteiger partial charge >= 0.3 is 0 Å². The van der Waals surface area contributed by atoms with E-state index in [1.165, 1.54) is 0 Å². The Morgan fingerprint density at radius 3 is 3.06 bits per heavy atom. The monoisotopic (exact) mass is 246 g/mol. The van der Waals surface area contributed by atoms with Crippen LogP contribution in [-0.4, -0.2) is 39.7 Å². The van der Waals surface area contributed by atoms with Gasteiger partial charge < -0.3 is 16.2 Å². The van der Waals surface area contributed by atoms with Crippen LogP contribution < -0.4 is 11.1 Å². The Hall–Kier alpha value is -1.08. The molecule has 0 bridgehead atoms. The molecule has 0 atom stereocenters. The molecule has 0 aromatic carbocycles. The summed E-state index contributed by atoms with van der Waals surface area (Å²) in [4.78, 5) is 7.26. The van der Waals surface area contributed by atoms with E-state index in [0.717, 1.165) is 24.1 Å². The molecule has 1 rings (SSSR count). The second-order valence-corrected chi connectivity index (χ2v) is 4.27. The van der Waals surface area contributed by atoms with Gasteiger partial charge in [-0.2, -0.15) is 16.7 Å². The lowest BCUT2D eigenvalue weighted by Gasteiger charge is -2.06. The van der Waals surface area contributed by atoms with E-state index in [4.69, 9.17) is 10.8 Å². The van der Waals surface area contributed by atoms with Crippen LogP contribution in [0.15, 0.2) is 6.20 Å². The normalized spacial score (nSPS) is 10.4. The fourth-order valence-electron chi connectivity index (χ4n) is 1.02. The number of hydrogen-bond donors (Lipinski definition) is 3. The standard InChI is InChI=1S/C9H15FN4OS/c10-7-6-13-9(11)14-8(7)12-2-5-16-4-1-3-15/h6,15H,1-5H2,(H3,11,12,13,14). The maximum Gasteiger partial charge on any atom is 0.222 e. The van der Waals surface area contributed by atoms with E-state index in [0.29, 0.717) is 6.54 Å². The van der Waals surface area contributed by atoms with Gasteiger partial charge in [0.25, 0.3) is 0 Å². The van der Waals surface area contributed by atoms with Gasteiger partial charge in [-0.25, -0.2) is 9.37 Å². The molecule has 1 heterocycles. The lowest BCUT2D eigenvalue weighted by atomic mass is 10.5. The summed E-state index contributed by atoms with van der Waals surface area (Å²) >= 11 is 1.69. The predicted octanol–water partition coefficient (Wildman–Crippen LogP) is 0.725. The average molecular weight is 246 g/mol. The zero-order valence-electron chi connectivity index (χ0n) is 8.82. The van der Waals surface area contributed by atoms with E-state index in [9.17, 15) is 4.39 Å². The van der Waals surface area contributed by atoms with Crippen LogP contribution in [0.4, 0.5) is 16.2 Å². The van der Waals surface area contributed by atoms with Crippen molar-refractivity contribution < 1.29 is 9.50 Å². The van der Waals surface area contributed by atoms with Crippen LogP contribution in [0.25, 0.3) is 0 Å². The van der Waals surface area contributed by atoms with Crippen molar-refractivity contribution in [1.29, 1.82) is 0 Å². The molecule has 0 aliphatic heterocycles. The zero-order valence-corrected chi connectivity index (χ0v) is 9.63. The second-order valence-electron chi connectivity index (χ2n) is 3.04. The van der Waals surface area contributed by atoms with Crippen molar-refractivity contribution in [3.05, 3.63) is 12.0 Å². The summed E-state index contributed by atoms with van der Waals surface area (Å²) < 4.78 is 13.1. The van der Waals surface area contributed by atoms with Crippen molar-refractivity contribution in [1.82, 2.24) is 9.97 Å². The number of nitrogens with two attached hydrogens (primary N) is 1. The number of nitrogens with zero attached hydrogens (tertiary/aromatic N) is 2. The zero-order chi connectivity index (χ0) is 11.8. The molecule has 0 aliphatic rings. The molecule has 0 saturated heterocycles. The Balaban J connectivity index is 2.23. The molecular weight excluding hydrogens is 231 g/mol. The summed E-state index contributed by atoms with van der Waals surface area (Å²) in [6.45, 7) is 0.807. The molecule has 0 saturated carbocycles. The molecule has 1 aromatic heterocycles. The molecule has 0 fully saturated rings. The molecular formula is C9H15FN4OS. The first-order valence-corrected chi connectivity index (χ1v) is 6.10. The highest BCUT2D eigenvalue weighted by molar-refractivity contribution is 7.99. The van der Waals surface area contributed by atoms with Gasteiger partial charge in [-0.05, 0) is 12.2 Å². The third-order valence-corrected chi connectivity index (χ3v) is 2.82. The Morgan fingerprint density at radius 1 is 1.50 bits per heavy atom. The Bertz CT molecular complexity index is 326. The van der Waals surface area contributed by atoms with Crippen molar-refractivity contribution in [2.75, 3.05) is 35.7 Å². The van der Waals surface area contributed by atoms with Crippen LogP contribution in [0.3, 0.4) is 0 Å². The minimum atomic E-state index is -0.505. The topological polar surface area (TPSA) is 84.1 Å². The number of aliphatic hydroxyl groups is 1. The van der Waals surface area contributed by atoms with Gasteiger partial charge in [-0.3, -0.25) is 0 Å². The minimum absolute atomic E-state index is 0.0526. The predicted molar refractivity (Wildman–Crippen MR) is 63.9 cm³/mol. The summed E-state index contributed by atoms with van der Waals surface area (Å²) in [7, 11) is 0. The summed E-state index contributed by atoms with van der Waals surface area (Å²) in [5.74, 6) is 1.40. The Kier molecular flexibility index (Phi) is 5.87. The van der Waals surface area contributed by atoms with E-state index >= 15 is 0 Å². The maximum absolute atomic E-state index is 13.1. The number of aromatic nitrogens is 2. The van der Waals surface area contributed by atoms with E-state index in [-0.39, 0.29) is 18.4 Å². The molecule has 0 aliphatic carbocycles. The largest absolute Gasteiger partial charge is 0.396 e. The number of aliphatic hydroxyl groups excluding tert-OH is 1. The van der Waals surface area contributed by atoms with Crippen LogP contribution in [0, 0.1) is 5.82 Å². The first-order chi connectivity index (χ1) is 7.74. The van der Waals surface area contributed by atoms with E-state index in [2.05, 4.69) is 15.3 Å². The summed E-state index contributed by atoms with van der Waals surface area (Å²) in [5, 5.41) is 11.4. The third kappa shape index (κ3) is 4.63. The van der Waals surface area contributed by atoms with Gasteiger partial charge in [-0.15, -0.1) is 0 Å². The van der Waals surface area contributed by atoms with Gasteiger partial charge in [0.2, 0.25) is 5.95 Å². The Morgan fingerprint density at radius 2 is 2.31 bits per heavy atom. The summed E-state index contributed by atoms with van der Waals surface area (Å²) in [5.41, 5.74) is 5.34.